The molecule has 0 saturated carbocycles. The van der Waals surface area contributed by atoms with Gasteiger partial charge in [0.05, 0.1) is 34.8 Å². The minimum absolute atomic E-state index is 0.792. The molecular weight excluding hydrogens is 683 g/mol. The van der Waals surface area contributed by atoms with E-state index in [4.69, 9.17) is 4.98 Å². The maximum Gasteiger partial charge on any atom is 0.138 e. The zero-order chi connectivity index (χ0) is 37.8. The average Bonchev–Trinajstić information content (AvgIpc) is 3.77. The molecule has 10 rings (SSSR count). The first kappa shape index (κ1) is 33.5. The second kappa shape index (κ2) is 13.6. The maximum atomic E-state index is 5.05. The van der Waals surface area contributed by atoms with Crippen LogP contribution in [0.1, 0.15) is 11.1 Å². The second-order valence-corrected chi connectivity index (χ2v) is 14.7. The molecule has 0 N–H and O–H groups in total. The first-order valence-corrected chi connectivity index (χ1v) is 19.2. The van der Waals surface area contributed by atoms with Gasteiger partial charge in [-0.15, -0.1) is 0 Å². The van der Waals surface area contributed by atoms with Crippen LogP contribution in [0.15, 0.2) is 182 Å². The topological polar surface area (TPSA) is 27.5 Å². The molecule has 0 aliphatic carbocycles. The maximum absolute atomic E-state index is 5.05. The van der Waals surface area contributed by atoms with Crippen molar-refractivity contribution < 1.29 is 0 Å². The summed E-state index contributed by atoms with van der Waals surface area (Å²) in [4.78, 5) is 12.2. The van der Waals surface area contributed by atoms with Gasteiger partial charge in [-0.1, -0.05) is 115 Å². The highest BCUT2D eigenvalue weighted by Crippen LogP contribution is 2.45. The van der Waals surface area contributed by atoms with Crippen LogP contribution in [0.25, 0.3) is 49.9 Å². The lowest BCUT2D eigenvalue weighted by Gasteiger charge is -2.30. The standard InChI is InChI=1S/C51H41N5/c1-35-15-13-16-36(2)51(35)55(40-20-14-19-39(32-40)54-34-53(3)47-25-11-12-26-48(47)54)41-27-28-45-44-23-9-10-24-46(44)56(49(45)33-41)50-31-38(29-30-52-50)43-22-8-7-21-42(43)37-17-5-4-6-18-37/h4-33H,34H2,1-3H3. The molecule has 0 bridgehead atoms. The summed E-state index contributed by atoms with van der Waals surface area (Å²) in [7, 11) is 2.16. The monoisotopic (exact) mass is 723 g/mol. The van der Waals surface area contributed by atoms with Gasteiger partial charge in [-0.25, -0.2) is 4.98 Å². The average molecular weight is 724 g/mol. The predicted octanol–water partition coefficient (Wildman–Crippen LogP) is 13.1. The minimum atomic E-state index is 0.792. The van der Waals surface area contributed by atoms with Crippen molar-refractivity contribution in [1.82, 2.24) is 9.55 Å². The molecule has 0 saturated heterocycles. The number of anilines is 6. The van der Waals surface area contributed by atoms with Gasteiger partial charge in [-0.05, 0) is 108 Å². The molecule has 56 heavy (non-hydrogen) atoms. The number of fused-ring (bicyclic) bond motifs is 4. The van der Waals surface area contributed by atoms with Crippen molar-refractivity contribution in [1.29, 1.82) is 0 Å². The highest BCUT2D eigenvalue weighted by molar-refractivity contribution is 6.10. The molecular formula is C51H41N5. The van der Waals surface area contributed by atoms with Gasteiger partial charge in [0.25, 0.3) is 0 Å². The zero-order valence-electron chi connectivity index (χ0n) is 31.8. The Morgan fingerprint density at radius 2 is 1.18 bits per heavy atom. The van der Waals surface area contributed by atoms with Crippen LogP contribution in [0.2, 0.25) is 0 Å². The third kappa shape index (κ3) is 5.59. The number of pyridine rings is 1. The summed E-state index contributed by atoms with van der Waals surface area (Å²) < 4.78 is 2.33. The van der Waals surface area contributed by atoms with E-state index in [1.54, 1.807) is 0 Å². The van der Waals surface area contributed by atoms with Gasteiger partial charge in [0.15, 0.2) is 0 Å². The molecule has 3 heterocycles. The van der Waals surface area contributed by atoms with E-state index < -0.39 is 0 Å². The fourth-order valence-electron chi connectivity index (χ4n) is 8.62. The van der Waals surface area contributed by atoms with Gasteiger partial charge in [-0.2, -0.15) is 0 Å². The molecule has 270 valence electrons. The van der Waals surface area contributed by atoms with E-state index in [2.05, 4.69) is 216 Å². The third-order valence-corrected chi connectivity index (χ3v) is 11.2. The summed E-state index contributed by atoms with van der Waals surface area (Å²) in [5.74, 6) is 0.881. The van der Waals surface area contributed by atoms with Crippen LogP contribution in [0.5, 0.6) is 0 Å². The zero-order valence-corrected chi connectivity index (χ0v) is 31.8. The number of hydrogen-bond acceptors (Lipinski definition) is 4. The van der Waals surface area contributed by atoms with Crippen molar-refractivity contribution in [2.75, 3.05) is 28.4 Å². The molecule has 0 unspecified atom stereocenters. The van der Waals surface area contributed by atoms with Crippen molar-refractivity contribution in [3.63, 3.8) is 0 Å². The second-order valence-electron chi connectivity index (χ2n) is 14.7. The van der Waals surface area contributed by atoms with E-state index in [0.717, 1.165) is 46.1 Å². The Labute approximate surface area is 328 Å². The molecule has 1 aliphatic heterocycles. The van der Waals surface area contributed by atoms with Crippen LogP contribution in [0.3, 0.4) is 0 Å². The number of rotatable bonds is 7. The van der Waals surface area contributed by atoms with E-state index in [9.17, 15) is 0 Å². The van der Waals surface area contributed by atoms with Crippen LogP contribution in [0.4, 0.5) is 34.1 Å². The first-order chi connectivity index (χ1) is 27.5. The summed E-state index contributed by atoms with van der Waals surface area (Å²) in [6.45, 7) is 5.21. The highest BCUT2D eigenvalue weighted by atomic mass is 15.4. The molecule has 0 atom stereocenters. The van der Waals surface area contributed by atoms with Gasteiger partial charge < -0.3 is 14.7 Å². The van der Waals surface area contributed by atoms with Gasteiger partial charge in [0.1, 0.15) is 5.82 Å². The third-order valence-electron chi connectivity index (χ3n) is 11.2. The Morgan fingerprint density at radius 3 is 2.00 bits per heavy atom. The Kier molecular flexibility index (Phi) is 8.14. The number of aromatic nitrogens is 2. The lowest BCUT2D eigenvalue weighted by molar-refractivity contribution is 0.949. The van der Waals surface area contributed by atoms with Crippen LogP contribution in [-0.2, 0) is 0 Å². The van der Waals surface area contributed by atoms with Crippen molar-refractivity contribution in [3.8, 4) is 28.1 Å². The van der Waals surface area contributed by atoms with E-state index >= 15 is 0 Å². The summed E-state index contributed by atoms with van der Waals surface area (Å²) in [5.41, 5.74) is 16.3. The lowest BCUT2D eigenvalue weighted by Crippen LogP contribution is -2.24. The van der Waals surface area contributed by atoms with E-state index in [1.807, 2.05) is 6.20 Å². The lowest BCUT2D eigenvalue weighted by atomic mass is 9.95. The predicted molar refractivity (Wildman–Crippen MR) is 235 cm³/mol. The summed E-state index contributed by atoms with van der Waals surface area (Å²) in [6.07, 6.45) is 1.94. The minimum Gasteiger partial charge on any atom is -0.355 e. The number of benzene rings is 7. The van der Waals surface area contributed by atoms with Gasteiger partial charge in [0.2, 0.25) is 0 Å². The number of para-hydroxylation sites is 4. The van der Waals surface area contributed by atoms with E-state index in [-0.39, 0.29) is 0 Å². The Hall–Kier alpha value is -7.11. The number of aryl methyl sites for hydroxylation is 2. The van der Waals surface area contributed by atoms with Gasteiger partial charge >= 0.3 is 0 Å². The van der Waals surface area contributed by atoms with E-state index in [1.165, 1.54) is 55.7 Å². The first-order valence-electron chi connectivity index (χ1n) is 19.2. The molecule has 1 aliphatic rings. The van der Waals surface area contributed by atoms with Gasteiger partial charge in [0, 0.05) is 41.1 Å². The van der Waals surface area contributed by atoms with Crippen LogP contribution < -0.4 is 14.7 Å². The molecule has 5 nitrogen and oxygen atoms in total. The molecule has 0 radical (unpaired) electrons. The fraction of sp³-hybridized carbons (Fsp3) is 0.0784. The quantitative estimate of drug-likeness (QED) is 0.164. The van der Waals surface area contributed by atoms with Crippen LogP contribution >= 0.6 is 0 Å². The van der Waals surface area contributed by atoms with Gasteiger partial charge in [-0.3, -0.25) is 4.57 Å². The summed E-state index contributed by atoms with van der Waals surface area (Å²) >= 11 is 0. The van der Waals surface area contributed by atoms with Crippen LogP contribution in [0, 0.1) is 13.8 Å². The number of nitrogens with zero attached hydrogens (tertiary/aromatic N) is 5. The fourth-order valence-corrected chi connectivity index (χ4v) is 8.62. The Bertz CT molecular complexity index is 2890. The highest BCUT2D eigenvalue weighted by Gasteiger charge is 2.26. The molecule has 2 aromatic heterocycles. The van der Waals surface area contributed by atoms with Crippen molar-refractivity contribution in [2.24, 2.45) is 0 Å². The normalized spacial score (nSPS) is 12.4. The van der Waals surface area contributed by atoms with Crippen molar-refractivity contribution in [3.05, 3.63) is 193 Å². The number of hydrogen-bond donors (Lipinski definition) is 0. The molecule has 0 amide bonds. The Morgan fingerprint density at radius 1 is 0.518 bits per heavy atom. The van der Waals surface area contributed by atoms with Crippen molar-refractivity contribution in [2.45, 2.75) is 13.8 Å². The molecule has 0 spiro atoms. The molecule has 9 aromatic rings. The summed E-state index contributed by atoms with van der Waals surface area (Å²) in [5, 5.41) is 2.39. The summed E-state index contributed by atoms with van der Waals surface area (Å²) in [6, 6.07) is 63.4. The molecule has 0 fully saturated rings. The Balaban J connectivity index is 1.16. The largest absolute Gasteiger partial charge is 0.355 e. The molecule has 7 aromatic carbocycles. The van der Waals surface area contributed by atoms with Crippen molar-refractivity contribution >= 4 is 55.9 Å². The van der Waals surface area contributed by atoms with Crippen LogP contribution in [-0.4, -0.2) is 23.3 Å². The SMILES string of the molecule is Cc1cccc(C)c1N(c1cccc(N2CN(C)c3ccccc32)c1)c1ccc2c3ccccc3n(-c3cc(-c4ccccc4-c4ccccc4)ccn3)c2c1. The van der Waals surface area contributed by atoms with E-state index in [0.29, 0.717) is 0 Å². The smallest absolute Gasteiger partial charge is 0.138 e. The molecule has 5 heteroatoms.